The zero-order chi connectivity index (χ0) is 19.6. The summed E-state index contributed by atoms with van der Waals surface area (Å²) in [6.07, 6.45) is 0. The number of carboxylic acid groups (broad SMARTS) is 5. The predicted octanol–water partition coefficient (Wildman–Crippen LogP) is -2.77. The monoisotopic (exact) mass is 365 g/mol. The van der Waals surface area contributed by atoms with E-state index in [1.807, 2.05) is 0 Å². The van der Waals surface area contributed by atoms with E-state index in [9.17, 15) is 24.0 Å². The first-order valence-corrected chi connectivity index (χ1v) is 6.75. The standard InChI is InChI=1S/C12H19N3O10/c16-8(17)1-13(2-9(18)19)6-15(5-12(24)25)7-14(3-10(20)21)4-11(22)23/h1-7H2,(H,16,17)(H,18,19)(H,20,21)(H,22,23)(H,24,25). The van der Waals surface area contributed by atoms with E-state index in [1.165, 1.54) is 0 Å². The van der Waals surface area contributed by atoms with Crippen molar-refractivity contribution in [3.63, 3.8) is 0 Å². The van der Waals surface area contributed by atoms with Crippen molar-refractivity contribution in [3.8, 4) is 0 Å². The van der Waals surface area contributed by atoms with E-state index in [0.29, 0.717) is 0 Å². The molecule has 13 heteroatoms. The minimum absolute atomic E-state index is 0.430. The summed E-state index contributed by atoms with van der Waals surface area (Å²) < 4.78 is 0. The molecular weight excluding hydrogens is 346 g/mol. The van der Waals surface area contributed by atoms with Gasteiger partial charge >= 0.3 is 29.8 Å². The Morgan fingerprint density at radius 1 is 0.440 bits per heavy atom. The number of carbonyl (C=O) groups is 5. The molecule has 0 fully saturated rings. The maximum absolute atomic E-state index is 10.9. The van der Waals surface area contributed by atoms with Crippen molar-refractivity contribution in [3.05, 3.63) is 0 Å². The van der Waals surface area contributed by atoms with Crippen molar-refractivity contribution < 1.29 is 49.5 Å². The number of nitrogens with zero attached hydrogens (tertiary/aromatic N) is 3. The Balaban J connectivity index is 5.17. The van der Waals surface area contributed by atoms with Gasteiger partial charge in [0.1, 0.15) is 0 Å². The van der Waals surface area contributed by atoms with Crippen molar-refractivity contribution in [2.24, 2.45) is 0 Å². The fourth-order valence-corrected chi connectivity index (χ4v) is 1.98. The van der Waals surface area contributed by atoms with E-state index in [4.69, 9.17) is 25.5 Å². The van der Waals surface area contributed by atoms with Gasteiger partial charge in [-0.15, -0.1) is 0 Å². The lowest BCUT2D eigenvalue weighted by molar-refractivity contribution is -0.143. The van der Waals surface area contributed by atoms with Crippen LogP contribution in [0.15, 0.2) is 0 Å². The normalized spacial score (nSPS) is 11.0. The van der Waals surface area contributed by atoms with Gasteiger partial charge in [-0.3, -0.25) is 38.7 Å². The fraction of sp³-hybridized carbons (Fsp3) is 0.583. The van der Waals surface area contributed by atoms with E-state index in [0.717, 1.165) is 14.7 Å². The van der Waals surface area contributed by atoms with Gasteiger partial charge in [0.2, 0.25) is 0 Å². The highest BCUT2D eigenvalue weighted by Gasteiger charge is 2.22. The van der Waals surface area contributed by atoms with Gasteiger partial charge in [-0.05, 0) is 0 Å². The fourth-order valence-electron chi connectivity index (χ4n) is 1.98. The summed E-state index contributed by atoms with van der Waals surface area (Å²) in [6.45, 7) is -4.31. The molecule has 0 saturated carbocycles. The second-order valence-corrected chi connectivity index (χ2v) is 5.05. The van der Waals surface area contributed by atoms with E-state index in [-0.39, 0.29) is 0 Å². The average molecular weight is 365 g/mol. The minimum atomic E-state index is -1.34. The van der Waals surface area contributed by atoms with Crippen LogP contribution in [0.1, 0.15) is 0 Å². The Morgan fingerprint density at radius 2 is 0.640 bits per heavy atom. The molecule has 0 spiro atoms. The number of aliphatic carboxylic acids is 5. The topological polar surface area (TPSA) is 196 Å². The molecule has 0 unspecified atom stereocenters. The van der Waals surface area contributed by atoms with Gasteiger partial charge in [-0.1, -0.05) is 0 Å². The van der Waals surface area contributed by atoms with Gasteiger partial charge in [0, 0.05) is 0 Å². The van der Waals surface area contributed by atoms with Crippen LogP contribution in [0.3, 0.4) is 0 Å². The van der Waals surface area contributed by atoms with E-state index >= 15 is 0 Å². The lowest BCUT2D eigenvalue weighted by Crippen LogP contribution is -2.50. The summed E-state index contributed by atoms with van der Waals surface area (Å²) in [5.74, 6) is -6.71. The van der Waals surface area contributed by atoms with Crippen molar-refractivity contribution in [2.75, 3.05) is 46.1 Å². The SMILES string of the molecule is O=C(O)CN(CC(=O)O)CN(CC(=O)O)CN(CC(=O)O)CC(=O)O. The molecule has 13 nitrogen and oxygen atoms in total. The van der Waals surface area contributed by atoms with Crippen molar-refractivity contribution >= 4 is 29.8 Å². The van der Waals surface area contributed by atoms with Crippen LogP contribution >= 0.6 is 0 Å². The van der Waals surface area contributed by atoms with Crippen LogP contribution in [-0.2, 0) is 24.0 Å². The first-order valence-electron chi connectivity index (χ1n) is 6.75. The van der Waals surface area contributed by atoms with Crippen LogP contribution in [-0.4, -0.2) is 116 Å². The van der Waals surface area contributed by atoms with Gasteiger partial charge in [0.15, 0.2) is 0 Å². The largest absolute Gasteiger partial charge is 0.480 e. The number of hydrogen-bond acceptors (Lipinski definition) is 8. The highest BCUT2D eigenvalue weighted by Crippen LogP contribution is 2.00. The average Bonchev–Trinajstić information content (AvgIpc) is 2.33. The quantitative estimate of drug-likeness (QED) is 0.198. The maximum atomic E-state index is 10.9. The maximum Gasteiger partial charge on any atom is 0.317 e. The molecule has 0 rings (SSSR count). The van der Waals surface area contributed by atoms with Crippen molar-refractivity contribution in [1.82, 2.24) is 14.7 Å². The minimum Gasteiger partial charge on any atom is -0.480 e. The predicted molar refractivity (Wildman–Crippen MR) is 77.8 cm³/mol. The number of carboxylic acids is 5. The molecule has 0 aliphatic rings. The third kappa shape index (κ3) is 12.3. The van der Waals surface area contributed by atoms with Gasteiger partial charge in [0.05, 0.1) is 46.1 Å². The van der Waals surface area contributed by atoms with Crippen LogP contribution in [0, 0.1) is 0 Å². The Hall–Kier alpha value is -2.77. The van der Waals surface area contributed by atoms with Gasteiger partial charge in [0.25, 0.3) is 0 Å². The zero-order valence-electron chi connectivity index (χ0n) is 13.1. The van der Waals surface area contributed by atoms with E-state index in [1.54, 1.807) is 0 Å². The lowest BCUT2D eigenvalue weighted by Gasteiger charge is -2.31. The number of rotatable bonds is 14. The summed E-state index contributed by atoms with van der Waals surface area (Å²) in [4.78, 5) is 56.9. The van der Waals surface area contributed by atoms with Gasteiger partial charge < -0.3 is 25.5 Å². The van der Waals surface area contributed by atoms with Crippen LogP contribution < -0.4 is 0 Å². The first-order chi connectivity index (χ1) is 11.5. The second kappa shape index (κ2) is 10.9. The lowest BCUT2D eigenvalue weighted by atomic mass is 10.4. The van der Waals surface area contributed by atoms with E-state index in [2.05, 4.69) is 0 Å². The Kier molecular flexibility index (Phi) is 9.69. The van der Waals surface area contributed by atoms with Crippen LogP contribution in [0.25, 0.3) is 0 Å². The summed E-state index contributed by atoms with van der Waals surface area (Å²) in [7, 11) is 0. The molecule has 0 aromatic heterocycles. The van der Waals surface area contributed by atoms with E-state index < -0.39 is 75.9 Å². The molecule has 0 saturated heterocycles. The molecule has 0 aromatic carbocycles. The Bertz CT molecular complexity index is 453. The molecule has 0 aliphatic carbocycles. The molecular formula is C12H19N3O10. The smallest absolute Gasteiger partial charge is 0.317 e. The molecule has 5 N–H and O–H groups in total. The third-order valence-electron chi connectivity index (χ3n) is 2.59. The molecule has 0 aromatic rings. The molecule has 142 valence electrons. The highest BCUT2D eigenvalue weighted by atomic mass is 16.4. The zero-order valence-corrected chi connectivity index (χ0v) is 13.1. The Morgan fingerprint density at radius 3 is 0.840 bits per heavy atom. The molecule has 0 bridgehead atoms. The molecule has 0 radical (unpaired) electrons. The second-order valence-electron chi connectivity index (χ2n) is 5.05. The molecule has 25 heavy (non-hydrogen) atoms. The van der Waals surface area contributed by atoms with Gasteiger partial charge in [-0.2, -0.15) is 0 Å². The first kappa shape index (κ1) is 22.2. The van der Waals surface area contributed by atoms with Crippen LogP contribution in [0.2, 0.25) is 0 Å². The summed E-state index contributed by atoms with van der Waals surface area (Å²) in [5, 5.41) is 44.0. The summed E-state index contributed by atoms with van der Waals surface area (Å²) in [6, 6.07) is 0. The van der Waals surface area contributed by atoms with Crippen molar-refractivity contribution in [1.29, 1.82) is 0 Å². The molecule has 0 amide bonds. The van der Waals surface area contributed by atoms with Crippen LogP contribution in [0.4, 0.5) is 0 Å². The van der Waals surface area contributed by atoms with Crippen molar-refractivity contribution in [2.45, 2.75) is 0 Å². The third-order valence-corrected chi connectivity index (χ3v) is 2.59. The summed E-state index contributed by atoms with van der Waals surface area (Å²) in [5.41, 5.74) is 0. The van der Waals surface area contributed by atoms with Gasteiger partial charge in [-0.25, -0.2) is 0 Å². The van der Waals surface area contributed by atoms with Crippen LogP contribution in [0.5, 0.6) is 0 Å². The highest BCUT2D eigenvalue weighted by molar-refractivity contribution is 5.73. The number of hydrogen-bond donors (Lipinski definition) is 5. The molecule has 0 aliphatic heterocycles. The molecule has 0 atom stereocenters. The summed E-state index contributed by atoms with van der Waals surface area (Å²) >= 11 is 0. The Labute approximate surface area is 141 Å². The molecule has 0 heterocycles.